The maximum absolute atomic E-state index is 14.1. The Kier molecular flexibility index (Phi) is 9.18. The minimum atomic E-state index is -1.02. The molecule has 0 aromatic heterocycles. The van der Waals surface area contributed by atoms with E-state index in [0.717, 1.165) is 6.07 Å². The van der Waals surface area contributed by atoms with Gasteiger partial charge < -0.3 is 18.9 Å². The summed E-state index contributed by atoms with van der Waals surface area (Å²) in [6, 6.07) is 9.77. The van der Waals surface area contributed by atoms with Crippen molar-refractivity contribution in [3.63, 3.8) is 0 Å². The summed E-state index contributed by atoms with van der Waals surface area (Å²) >= 11 is 0. The van der Waals surface area contributed by atoms with Gasteiger partial charge in [-0.25, -0.2) is 4.39 Å². The van der Waals surface area contributed by atoms with Gasteiger partial charge in [-0.15, -0.1) is 0 Å². The summed E-state index contributed by atoms with van der Waals surface area (Å²) in [7, 11) is 3.17. The van der Waals surface area contributed by atoms with Crippen molar-refractivity contribution in [2.45, 2.75) is 0 Å². The molecule has 2 rings (SSSR count). The van der Waals surface area contributed by atoms with Crippen LogP contribution in [0.3, 0.4) is 0 Å². The first-order valence-corrected chi connectivity index (χ1v) is 8.79. The number of rotatable bonds is 11. The highest BCUT2D eigenvalue weighted by Gasteiger charge is 2.15. The molecule has 6 heteroatoms. The molecule has 0 N–H and O–H groups in total. The van der Waals surface area contributed by atoms with Gasteiger partial charge in [0.25, 0.3) is 0 Å². The van der Waals surface area contributed by atoms with Gasteiger partial charge in [0.05, 0.1) is 13.2 Å². The average molecular weight is 390 g/mol. The van der Waals surface area contributed by atoms with Gasteiger partial charge >= 0.3 is 0 Å². The van der Waals surface area contributed by atoms with Crippen LogP contribution in [-0.4, -0.2) is 40.6 Å². The van der Waals surface area contributed by atoms with Gasteiger partial charge in [0.1, 0.15) is 19.0 Å². The smallest absolute Gasteiger partial charge is 0.200 e. The summed E-state index contributed by atoms with van der Waals surface area (Å²) in [5, 5.41) is 0. The molecule has 4 nitrogen and oxygen atoms in total. The third-order valence-electron chi connectivity index (χ3n) is 3.72. The Morgan fingerprint density at radius 2 is 1.32 bits per heavy atom. The number of halogens is 2. The standard InChI is InChI=1S/C22H24F2O4/c1-25-11-5-7-13-27-20-10-4-3-9-18(20)17-15-19(23)22(24)21(16-17)28-14-8-6-12-26-2/h3-10,15-16H,11-14H2,1-2H3/b7-5+,8-6+. The molecule has 0 atom stereocenters. The van der Waals surface area contributed by atoms with Gasteiger partial charge in [-0.2, -0.15) is 4.39 Å². The lowest BCUT2D eigenvalue weighted by molar-refractivity contribution is 0.233. The molecular formula is C22H24F2O4. The van der Waals surface area contributed by atoms with Crippen LogP contribution >= 0.6 is 0 Å². The second kappa shape index (κ2) is 11.9. The van der Waals surface area contributed by atoms with Crippen LogP contribution in [0.5, 0.6) is 11.5 Å². The average Bonchev–Trinajstić information content (AvgIpc) is 2.71. The molecule has 28 heavy (non-hydrogen) atoms. The van der Waals surface area contributed by atoms with Crippen LogP contribution in [-0.2, 0) is 9.47 Å². The van der Waals surface area contributed by atoms with Crippen molar-refractivity contribution in [3.8, 4) is 22.6 Å². The van der Waals surface area contributed by atoms with E-state index < -0.39 is 11.6 Å². The predicted molar refractivity (Wildman–Crippen MR) is 105 cm³/mol. The molecule has 0 amide bonds. The van der Waals surface area contributed by atoms with E-state index in [4.69, 9.17) is 18.9 Å². The molecule has 0 aliphatic carbocycles. The summed E-state index contributed by atoms with van der Waals surface area (Å²) in [6.45, 7) is 1.35. The minimum absolute atomic E-state index is 0.103. The minimum Gasteiger partial charge on any atom is -0.489 e. The van der Waals surface area contributed by atoms with Gasteiger partial charge in [0.2, 0.25) is 5.82 Å². The summed E-state index contributed by atoms with van der Waals surface area (Å²) in [6.07, 6.45) is 7.07. The van der Waals surface area contributed by atoms with Gasteiger partial charge in [-0.05, 0) is 35.9 Å². The molecule has 2 aromatic carbocycles. The van der Waals surface area contributed by atoms with Crippen LogP contribution in [0.4, 0.5) is 8.78 Å². The first-order chi connectivity index (χ1) is 13.7. The molecule has 0 aliphatic rings. The zero-order valence-electron chi connectivity index (χ0n) is 16.0. The van der Waals surface area contributed by atoms with Crippen LogP contribution in [0.2, 0.25) is 0 Å². The zero-order chi connectivity index (χ0) is 20.2. The number of hydrogen-bond acceptors (Lipinski definition) is 4. The van der Waals surface area contributed by atoms with Crippen molar-refractivity contribution < 1.29 is 27.7 Å². The Bertz CT molecular complexity index is 803. The van der Waals surface area contributed by atoms with Crippen LogP contribution in [0.25, 0.3) is 11.1 Å². The molecule has 0 radical (unpaired) electrons. The van der Waals surface area contributed by atoms with E-state index in [1.165, 1.54) is 6.07 Å². The largest absolute Gasteiger partial charge is 0.489 e. The van der Waals surface area contributed by atoms with Crippen LogP contribution in [0.1, 0.15) is 0 Å². The lowest BCUT2D eigenvalue weighted by Crippen LogP contribution is -2.00. The molecule has 0 aliphatic heterocycles. The van der Waals surface area contributed by atoms with Gasteiger partial charge in [0, 0.05) is 19.8 Å². The van der Waals surface area contributed by atoms with Crippen molar-refractivity contribution in [1.82, 2.24) is 0 Å². The Hall–Kier alpha value is -2.70. The van der Waals surface area contributed by atoms with Gasteiger partial charge in [0.15, 0.2) is 11.6 Å². The molecule has 0 saturated heterocycles. The number of ether oxygens (including phenoxy) is 4. The van der Waals surface area contributed by atoms with Gasteiger partial charge in [-0.1, -0.05) is 30.4 Å². The molecule has 0 bridgehead atoms. The fourth-order valence-electron chi connectivity index (χ4n) is 2.40. The normalized spacial score (nSPS) is 11.4. The van der Waals surface area contributed by atoms with E-state index in [0.29, 0.717) is 36.7 Å². The molecule has 0 saturated carbocycles. The van der Waals surface area contributed by atoms with E-state index in [-0.39, 0.29) is 12.4 Å². The summed E-state index contributed by atoms with van der Waals surface area (Å²) in [5.74, 6) is -1.61. The first kappa shape index (κ1) is 21.6. The third kappa shape index (κ3) is 6.48. The highest BCUT2D eigenvalue weighted by atomic mass is 19.2. The molecule has 0 fully saturated rings. The maximum Gasteiger partial charge on any atom is 0.200 e. The summed E-state index contributed by atoms with van der Waals surface area (Å²) < 4.78 is 49.1. The van der Waals surface area contributed by atoms with E-state index in [2.05, 4.69) is 0 Å². The van der Waals surface area contributed by atoms with Crippen LogP contribution < -0.4 is 9.47 Å². The van der Waals surface area contributed by atoms with Crippen LogP contribution in [0, 0.1) is 11.6 Å². The molecular weight excluding hydrogens is 366 g/mol. The maximum atomic E-state index is 14.1. The molecule has 0 spiro atoms. The SMILES string of the molecule is COC/C=C/COc1ccccc1-c1cc(F)c(F)c(OC/C=C/COC)c1. The lowest BCUT2D eigenvalue weighted by atomic mass is 10.0. The lowest BCUT2D eigenvalue weighted by Gasteiger charge is -2.13. The predicted octanol–water partition coefficient (Wildman–Crippen LogP) is 4.79. The first-order valence-electron chi connectivity index (χ1n) is 8.79. The highest BCUT2D eigenvalue weighted by Crippen LogP contribution is 2.34. The Morgan fingerprint density at radius 1 is 0.750 bits per heavy atom. The third-order valence-corrected chi connectivity index (χ3v) is 3.72. The Balaban J connectivity index is 2.20. The van der Waals surface area contributed by atoms with E-state index >= 15 is 0 Å². The molecule has 150 valence electrons. The van der Waals surface area contributed by atoms with Crippen LogP contribution in [0.15, 0.2) is 60.7 Å². The Labute approximate surface area is 164 Å². The van der Waals surface area contributed by atoms with E-state index in [1.807, 2.05) is 18.2 Å². The molecule has 0 unspecified atom stereocenters. The highest BCUT2D eigenvalue weighted by molar-refractivity contribution is 5.71. The number of para-hydroxylation sites is 1. The van der Waals surface area contributed by atoms with Gasteiger partial charge in [-0.3, -0.25) is 0 Å². The number of hydrogen-bond donors (Lipinski definition) is 0. The van der Waals surface area contributed by atoms with E-state index in [1.54, 1.807) is 44.6 Å². The van der Waals surface area contributed by atoms with Crippen molar-refractivity contribution in [2.75, 3.05) is 40.6 Å². The van der Waals surface area contributed by atoms with Crippen molar-refractivity contribution in [1.29, 1.82) is 0 Å². The number of methoxy groups -OCH3 is 2. The summed E-state index contributed by atoms with van der Waals surface area (Å²) in [4.78, 5) is 0. The Morgan fingerprint density at radius 3 is 1.96 bits per heavy atom. The van der Waals surface area contributed by atoms with Crippen molar-refractivity contribution >= 4 is 0 Å². The topological polar surface area (TPSA) is 36.9 Å². The van der Waals surface area contributed by atoms with Crippen molar-refractivity contribution in [2.24, 2.45) is 0 Å². The molecule has 0 heterocycles. The number of benzene rings is 2. The summed E-state index contributed by atoms with van der Waals surface area (Å²) in [5.41, 5.74) is 1.10. The second-order valence-electron chi connectivity index (χ2n) is 5.74. The monoisotopic (exact) mass is 390 g/mol. The van der Waals surface area contributed by atoms with E-state index in [9.17, 15) is 8.78 Å². The fraction of sp³-hybridized carbons (Fsp3) is 0.273. The zero-order valence-corrected chi connectivity index (χ0v) is 16.0. The fourth-order valence-corrected chi connectivity index (χ4v) is 2.40. The van der Waals surface area contributed by atoms with Crippen molar-refractivity contribution in [3.05, 3.63) is 72.3 Å². The quantitative estimate of drug-likeness (QED) is 0.517. The second-order valence-corrected chi connectivity index (χ2v) is 5.74. The molecule has 2 aromatic rings.